The largest absolute Gasteiger partial charge is 0.287 e. The molecule has 0 fully saturated rings. The zero-order chi connectivity index (χ0) is 18.9. The van der Waals surface area contributed by atoms with E-state index in [0.29, 0.717) is 5.69 Å². The van der Waals surface area contributed by atoms with Crippen LogP contribution in [0.15, 0.2) is 83.8 Å². The second-order valence-corrected chi connectivity index (χ2v) is 7.81. The van der Waals surface area contributed by atoms with Gasteiger partial charge in [0.25, 0.3) is 10.0 Å². The van der Waals surface area contributed by atoms with Gasteiger partial charge < -0.3 is 0 Å². The van der Waals surface area contributed by atoms with E-state index in [0.717, 1.165) is 9.87 Å². The van der Waals surface area contributed by atoms with Gasteiger partial charge in [-0.25, -0.2) is 8.42 Å². The molecule has 0 spiro atoms. The van der Waals surface area contributed by atoms with Crippen LogP contribution in [0.4, 0.5) is 0 Å². The summed E-state index contributed by atoms with van der Waals surface area (Å²) in [6.07, 6.45) is 6.28. The highest BCUT2D eigenvalue weighted by atomic mass is 32.2. The summed E-state index contributed by atoms with van der Waals surface area (Å²) < 4.78 is 27.6. The highest BCUT2D eigenvalue weighted by Gasteiger charge is 2.39. The fourth-order valence-electron chi connectivity index (χ4n) is 2.94. The SMILES string of the molecule is O=C1C(=Cc2ccccn2)N(Cc2ccncc2)S(=O)(=O)c2ccccc21. The Hall–Kier alpha value is -3.32. The Morgan fingerprint density at radius 2 is 1.67 bits per heavy atom. The van der Waals surface area contributed by atoms with Crippen molar-refractivity contribution in [3.63, 3.8) is 0 Å². The van der Waals surface area contributed by atoms with Crippen molar-refractivity contribution in [3.8, 4) is 0 Å². The monoisotopic (exact) mass is 377 g/mol. The molecule has 3 aromatic rings. The smallest absolute Gasteiger partial charge is 0.265 e. The first-order chi connectivity index (χ1) is 13.1. The van der Waals surface area contributed by atoms with Gasteiger partial charge in [-0.1, -0.05) is 18.2 Å². The minimum Gasteiger partial charge on any atom is -0.287 e. The van der Waals surface area contributed by atoms with E-state index in [-0.39, 0.29) is 28.5 Å². The van der Waals surface area contributed by atoms with Crippen LogP contribution in [0.5, 0.6) is 0 Å². The van der Waals surface area contributed by atoms with Crippen molar-refractivity contribution in [2.75, 3.05) is 0 Å². The van der Waals surface area contributed by atoms with Crippen LogP contribution in [-0.4, -0.2) is 28.5 Å². The van der Waals surface area contributed by atoms with Gasteiger partial charge in [0.1, 0.15) is 5.70 Å². The zero-order valence-corrected chi connectivity index (χ0v) is 15.0. The molecule has 0 aliphatic carbocycles. The molecule has 0 unspecified atom stereocenters. The highest BCUT2D eigenvalue weighted by molar-refractivity contribution is 7.89. The van der Waals surface area contributed by atoms with Crippen LogP contribution >= 0.6 is 0 Å². The number of hydrogen-bond acceptors (Lipinski definition) is 5. The van der Waals surface area contributed by atoms with Crippen LogP contribution in [0, 0.1) is 0 Å². The van der Waals surface area contributed by atoms with Gasteiger partial charge >= 0.3 is 0 Å². The number of fused-ring (bicyclic) bond motifs is 1. The van der Waals surface area contributed by atoms with Gasteiger partial charge in [-0.2, -0.15) is 0 Å². The lowest BCUT2D eigenvalue weighted by molar-refractivity contribution is 0.100. The Labute approximate surface area is 156 Å². The van der Waals surface area contributed by atoms with Gasteiger partial charge in [0.2, 0.25) is 5.78 Å². The number of pyridine rings is 2. The minimum atomic E-state index is -3.89. The molecule has 1 aliphatic rings. The first-order valence-corrected chi connectivity index (χ1v) is 9.69. The van der Waals surface area contributed by atoms with Crippen molar-refractivity contribution in [3.05, 3.63) is 95.7 Å². The van der Waals surface area contributed by atoms with Crippen LogP contribution in [0.1, 0.15) is 21.6 Å². The fourth-order valence-corrected chi connectivity index (χ4v) is 4.58. The Bertz CT molecular complexity index is 1130. The highest BCUT2D eigenvalue weighted by Crippen LogP contribution is 2.34. The summed E-state index contributed by atoms with van der Waals surface area (Å²) in [5.74, 6) is -0.347. The number of benzene rings is 1. The quantitative estimate of drug-likeness (QED) is 0.656. The van der Waals surface area contributed by atoms with Crippen LogP contribution < -0.4 is 0 Å². The molecule has 0 amide bonds. The third-order valence-corrected chi connectivity index (χ3v) is 6.07. The van der Waals surface area contributed by atoms with E-state index >= 15 is 0 Å². The summed E-state index contributed by atoms with van der Waals surface area (Å²) in [6.45, 7) is 0.0313. The summed E-state index contributed by atoms with van der Waals surface area (Å²) in [6, 6.07) is 15.0. The van der Waals surface area contributed by atoms with Crippen molar-refractivity contribution >= 4 is 21.9 Å². The Balaban J connectivity index is 1.91. The molecule has 0 saturated carbocycles. The van der Waals surface area contributed by atoms with Crippen molar-refractivity contribution in [1.29, 1.82) is 0 Å². The number of hydrogen-bond donors (Lipinski definition) is 0. The molecule has 2 aromatic heterocycles. The van der Waals surface area contributed by atoms with Crippen molar-refractivity contribution in [2.24, 2.45) is 0 Å². The van der Waals surface area contributed by atoms with E-state index in [1.54, 1.807) is 61.1 Å². The predicted octanol–water partition coefficient (Wildman–Crippen LogP) is 2.90. The number of ketones is 1. The minimum absolute atomic E-state index is 0.0160. The average molecular weight is 377 g/mol. The van der Waals surface area contributed by atoms with Crippen LogP contribution in [0.2, 0.25) is 0 Å². The van der Waals surface area contributed by atoms with Gasteiger partial charge in [0.05, 0.1) is 17.1 Å². The summed E-state index contributed by atoms with van der Waals surface area (Å²) in [4.78, 5) is 21.3. The predicted molar refractivity (Wildman–Crippen MR) is 100.0 cm³/mol. The molecule has 1 aliphatic heterocycles. The molecule has 0 N–H and O–H groups in total. The van der Waals surface area contributed by atoms with Crippen LogP contribution in [0.25, 0.3) is 6.08 Å². The second-order valence-electron chi connectivity index (χ2n) is 5.98. The molecular formula is C20H15N3O3S. The number of rotatable bonds is 3. The third-order valence-electron chi connectivity index (χ3n) is 4.25. The normalized spacial score (nSPS) is 17.0. The van der Waals surface area contributed by atoms with Crippen LogP contribution in [-0.2, 0) is 16.6 Å². The van der Waals surface area contributed by atoms with E-state index in [4.69, 9.17) is 0 Å². The third kappa shape index (κ3) is 3.13. The number of carbonyl (C=O) groups excluding carboxylic acids is 1. The van der Waals surface area contributed by atoms with Gasteiger partial charge in [-0.15, -0.1) is 0 Å². The molecule has 134 valence electrons. The molecular weight excluding hydrogens is 362 g/mol. The van der Waals surface area contributed by atoms with E-state index in [2.05, 4.69) is 9.97 Å². The van der Waals surface area contributed by atoms with Crippen molar-refractivity contribution < 1.29 is 13.2 Å². The van der Waals surface area contributed by atoms with Gasteiger partial charge in [0.15, 0.2) is 0 Å². The second kappa shape index (κ2) is 6.77. The first-order valence-electron chi connectivity index (χ1n) is 8.25. The maximum absolute atomic E-state index is 13.3. The van der Waals surface area contributed by atoms with Crippen LogP contribution in [0.3, 0.4) is 0 Å². The number of Topliss-reactive ketones (excluding diaryl/α,β-unsaturated/α-hetero) is 1. The van der Waals surface area contributed by atoms with E-state index in [9.17, 15) is 13.2 Å². The Kier molecular flexibility index (Phi) is 4.29. The summed E-state index contributed by atoms with van der Waals surface area (Å²) in [5, 5.41) is 0. The number of nitrogens with zero attached hydrogens (tertiary/aromatic N) is 3. The zero-order valence-electron chi connectivity index (χ0n) is 14.2. The summed E-state index contributed by atoms with van der Waals surface area (Å²) in [7, 11) is -3.89. The van der Waals surface area contributed by atoms with E-state index in [1.807, 2.05) is 0 Å². The number of sulfonamides is 1. The molecule has 0 atom stereocenters. The topological polar surface area (TPSA) is 80.2 Å². The fraction of sp³-hybridized carbons (Fsp3) is 0.0500. The maximum atomic E-state index is 13.3. The lowest BCUT2D eigenvalue weighted by atomic mass is 10.1. The number of allylic oxidation sites excluding steroid dienone is 1. The molecule has 27 heavy (non-hydrogen) atoms. The van der Waals surface area contributed by atoms with Gasteiger partial charge in [-0.05, 0) is 48.0 Å². The molecule has 0 radical (unpaired) electrons. The summed E-state index contributed by atoms with van der Waals surface area (Å²) >= 11 is 0. The Morgan fingerprint density at radius 1 is 0.926 bits per heavy atom. The van der Waals surface area contributed by atoms with E-state index < -0.39 is 10.0 Å². The van der Waals surface area contributed by atoms with Gasteiger partial charge in [-0.3, -0.25) is 19.1 Å². The van der Waals surface area contributed by atoms with Crippen molar-refractivity contribution in [2.45, 2.75) is 11.4 Å². The first kappa shape index (κ1) is 17.1. The Morgan fingerprint density at radius 3 is 2.41 bits per heavy atom. The van der Waals surface area contributed by atoms with Crippen molar-refractivity contribution in [1.82, 2.24) is 14.3 Å². The standard InChI is InChI=1S/C20H15N3O3S/c24-20-17-6-1-2-7-19(17)27(25,26)23(14-15-8-11-21-12-9-15)18(20)13-16-5-3-4-10-22-16/h1-13H,14H2. The maximum Gasteiger partial charge on any atom is 0.265 e. The van der Waals surface area contributed by atoms with Gasteiger partial charge in [0, 0.05) is 24.2 Å². The summed E-state index contributed by atoms with van der Waals surface area (Å²) in [5.41, 5.74) is 1.48. The lowest BCUT2D eigenvalue weighted by Gasteiger charge is -2.31. The molecule has 0 bridgehead atoms. The number of carbonyl (C=O) groups is 1. The molecule has 0 saturated heterocycles. The molecule has 4 rings (SSSR count). The number of aromatic nitrogens is 2. The molecule has 7 heteroatoms. The molecule has 6 nitrogen and oxygen atoms in total. The average Bonchev–Trinajstić information content (AvgIpc) is 2.71. The molecule has 3 heterocycles. The molecule has 1 aromatic carbocycles. The van der Waals surface area contributed by atoms with E-state index in [1.165, 1.54) is 18.2 Å². The lowest BCUT2D eigenvalue weighted by Crippen LogP contribution is -2.38.